The fourth-order valence-corrected chi connectivity index (χ4v) is 7.82. The van der Waals surface area contributed by atoms with E-state index in [1.54, 1.807) is 24.1 Å². The maximum absolute atomic E-state index is 14.7. The van der Waals surface area contributed by atoms with E-state index in [4.69, 9.17) is 16.6 Å². The van der Waals surface area contributed by atoms with Gasteiger partial charge in [0.05, 0.1) is 29.7 Å². The van der Waals surface area contributed by atoms with Crippen molar-refractivity contribution in [1.29, 1.82) is 10.8 Å². The first-order valence-electron chi connectivity index (χ1n) is 18.0. The summed E-state index contributed by atoms with van der Waals surface area (Å²) < 4.78 is 14.7. The number of nitrogens with two attached hydrogens (primary N) is 1. The average molecular weight is 705 g/mol. The first-order chi connectivity index (χ1) is 25.2. The van der Waals surface area contributed by atoms with Gasteiger partial charge in [-0.15, -0.1) is 0 Å². The van der Waals surface area contributed by atoms with E-state index in [9.17, 15) is 14.0 Å². The maximum Gasteiger partial charge on any atom is 0.237 e. The van der Waals surface area contributed by atoms with E-state index < -0.39 is 11.2 Å². The number of amidine groups is 1. The molecule has 7 rings (SSSR count). The largest absolute Gasteiger partial charge is 0.398 e. The highest BCUT2D eigenvalue weighted by atomic mass is 19.1. The van der Waals surface area contributed by atoms with Crippen LogP contribution in [0.5, 0.6) is 0 Å². The SMILES string of the molecule is CN/C=N\C(=N)c1ccc(C2=CCN(C(=O)CN3CC[C@]4(CCN(c5ccc(N)c(C(=N)c6ccc(F)c(N7CCCC7)n6)c5)C4=O)C3)CC2)cc1. The maximum atomic E-state index is 14.7. The minimum absolute atomic E-state index is 0.0291. The van der Waals surface area contributed by atoms with Crippen molar-refractivity contribution in [3.63, 3.8) is 0 Å². The Labute approximate surface area is 303 Å². The second-order valence-electron chi connectivity index (χ2n) is 14.1. The predicted octanol–water partition coefficient (Wildman–Crippen LogP) is 4.14. The zero-order chi connectivity index (χ0) is 36.4. The Morgan fingerprint density at radius 2 is 1.81 bits per heavy atom. The molecule has 3 saturated heterocycles. The molecular formula is C39H45FN10O2. The van der Waals surface area contributed by atoms with E-state index >= 15 is 0 Å². The Balaban J connectivity index is 0.963. The van der Waals surface area contributed by atoms with Gasteiger partial charge in [0.1, 0.15) is 0 Å². The van der Waals surface area contributed by atoms with Gasteiger partial charge in [0, 0.05) is 68.8 Å². The molecule has 3 fully saturated rings. The van der Waals surface area contributed by atoms with Gasteiger partial charge < -0.3 is 25.8 Å². The molecular weight excluding hydrogens is 659 g/mol. The summed E-state index contributed by atoms with van der Waals surface area (Å²) in [6.07, 6.45) is 7.66. The molecule has 2 amide bonds. The summed E-state index contributed by atoms with van der Waals surface area (Å²) in [6.45, 7) is 4.64. The van der Waals surface area contributed by atoms with E-state index in [0.717, 1.165) is 43.5 Å². The lowest BCUT2D eigenvalue weighted by Gasteiger charge is -2.29. The number of hydrogen-bond acceptors (Lipinski definition) is 8. The van der Waals surface area contributed by atoms with Crippen LogP contribution in [-0.2, 0) is 9.59 Å². The number of carbonyl (C=O) groups is 2. The molecule has 4 aliphatic heterocycles. The number of benzene rings is 2. The van der Waals surface area contributed by atoms with Gasteiger partial charge in [-0.3, -0.25) is 25.3 Å². The van der Waals surface area contributed by atoms with Crippen molar-refractivity contribution in [3.05, 3.63) is 88.9 Å². The zero-order valence-electron chi connectivity index (χ0n) is 29.5. The molecule has 52 heavy (non-hydrogen) atoms. The van der Waals surface area contributed by atoms with Crippen LogP contribution in [0.15, 0.2) is 65.7 Å². The van der Waals surface area contributed by atoms with Gasteiger partial charge in [-0.2, -0.15) is 0 Å². The second-order valence-corrected chi connectivity index (χ2v) is 14.1. The van der Waals surface area contributed by atoms with Crippen molar-refractivity contribution in [2.24, 2.45) is 10.4 Å². The van der Waals surface area contributed by atoms with E-state index in [-0.39, 0.29) is 35.7 Å². The molecule has 13 heteroatoms. The quantitative estimate of drug-likeness (QED) is 0.148. The third-order valence-corrected chi connectivity index (χ3v) is 10.8. The number of carbonyl (C=O) groups excluding carboxylic acids is 2. The molecule has 0 saturated carbocycles. The number of nitrogens with zero attached hydrogens (tertiary/aromatic N) is 6. The monoisotopic (exact) mass is 704 g/mol. The van der Waals surface area contributed by atoms with E-state index in [1.807, 2.05) is 40.1 Å². The fourth-order valence-electron chi connectivity index (χ4n) is 7.82. The Bertz CT molecular complexity index is 1950. The molecule has 12 nitrogen and oxygen atoms in total. The van der Waals surface area contributed by atoms with Crippen molar-refractivity contribution in [2.45, 2.75) is 32.1 Å². The first-order valence-corrected chi connectivity index (χ1v) is 18.0. The number of nitrogen functional groups attached to an aromatic ring is 1. The van der Waals surface area contributed by atoms with Crippen LogP contribution in [0.4, 0.5) is 21.6 Å². The average Bonchev–Trinajstić information content (AvgIpc) is 3.92. The summed E-state index contributed by atoms with van der Waals surface area (Å²) in [6, 6.07) is 15.9. The lowest BCUT2D eigenvalue weighted by Crippen LogP contribution is -2.43. The molecule has 5 N–H and O–H groups in total. The second kappa shape index (κ2) is 14.7. The number of likely N-dealkylation sites (tertiary alicyclic amines) is 1. The van der Waals surface area contributed by atoms with Crippen molar-refractivity contribution in [1.82, 2.24) is 20.1 Å². The molecule has 1 aromatic heterocycles. The van der Waals surface area contributed by atoms with Crippen LogP contribution < -0.4 is 20.9 Å². The molecule has 1 atom stereocenters. The number of pyridine rings is 1. The van der Waals surface area contributed by atoms with Gasteiger partial charge in [0.15, 0.2) is 17.5 Å². The third-order valence-electron chi connectivity index (χ3n) is 10.8. The topological polar surface area (TPSA) is 158 Å². The van der Waals surface area contributed by atoms with E-state index in [1.165, 1.54) is 24.0 Å². The predicted molar refractivity (Wildman–Crippen MR) is 203 cm³/mol. The molecule has 0 aliphatic carbocycles. The summed E-state index contributed by atoms with van der Waals surface area (Å²) in [5, 5.41) is 19.8. The van der Waals surface area contributed by atoms with Crippen LogP contribution in [-0.4, -0.2) is 104 Å². The number of rotatable bonds is 9. The van der Waals surface area contributed by atoms with Crippen LogP contribution in [0.3, 0.4) is 0 Å². The molecule has 5 heterocycles. The highest BCUT2D eigenvalue weighted by Gasteiger charge is 2.51. The number of halogens is 1. The molecule has 270 valence electrons. The number of hydrogen-bond donors (Lipinski definition) is 4. The Kier molecular flexibility index (Phi) is 9.87. The summed E-state index contributed by atoms with van der Waals surface area (Å²) in [5.74, 6) is 0.130. The van der Waals surface area contributed by atoms with Crippen LogP contribution in [0, 0.1) is 22.1 Å². The Morgan fingerprint density at radius 1 is 1.04 bits per heavy atom. The van der Waals surface area contributed by atoms with E-state index in [0.29, 0.717) is 68.2 Å². The molecule has 0 unspecified atom stereocenters. The fraction of sp³-hybridized carbons (Fsp3) is 0.385. The standard InChI is InChI=1S/C39H45FN10O2/c1-44-25-45-36(43)28-6-4-26(5-7-28)27-12-18-48(19-13-27)34(51)23-47-20-14-39(24-47)15-21-50(38(39)52)29-8-10-32(41)30(22-29)35(42)33-11-9-31(40)37(46-33)49-16-2-3-17-49/h4-12,22,25,42H,2-3,13-21,23-24,41H2,1H3,(H2,43,44,45)/t39-/m0/s1. The van der Waals surface area contributed by atoms with Gasteiger partial charge in [0.2, 0.25) is 11.8 Å². The van der Waals surface area contributed by atoms with Crippen molar-refractivity contribution in [2.75, 3.05) is 74.9 Å². The minimum Gasteiger partial charge on any atom is -0.398 e. The smallest absolute Gasteiger partial charge is 0.237 e. The highest BCUT2D eigenvalue weighted by molar-refractivity contribution is 6.14. The number of anilines is 3. The molecule has 3 aromatic rings. The van der Waals surface area contributed by atoms with Gasteiger partial charge in [-0.05, 0) is 80.1 Å². The van der Waals surface area contributed by atoms with Crippen LogP contribution in [0.1, 0.15) is 54.5 Å². The van der Waals surface area contributed by atoms with Crippen LogP contribution in [0.2, 0.25) is 0 Å². The highest BCUT2D eigenvalue weighted by Crippen LogP contribution is 2.43. The molecule has 4 aliphatic rings. The molecule has 0 bridgehead atoms. The third kappa shape index (κ3) is 6.92. The van der Waals surface area contributed by atoms with Crippen LogP contribution >= 0.6 is 0 Å². The lowest BCUT2D eigenvalue weighted by atomic mass is 9.85. The van der Waals surface area contributed by atoms with Crippen LogP contribution in [0.25, 0.3) is 5.57 Å². The zero-order valence-corrected chi connectivity index (χ0v) is 29.5. The number of aromatic nitrogens is 1. The van der Waals surface area contributed by atoms with Crippen molar-refractivity contribution < 1.29 is 14.0 Å². The molecule has 0 radical (unpaired) electrons. The van der Waals surface area contributed by atoms with Crippen molar-refractivity contribution in [3.8, 4) is 0 Å². The van der Waals surface area contributed by atoms with Crippen molar-refractivity contribution >= 4 is 52.5 Å². The normalized spacial score (nSPS) is 20.7. The summed E-state index contributed by atoms with van der Waals surface area (Å²) in [7, 11) is 1.74. The summed E-state index contributed by atoms with van der Waals surface area (Å²) >= 11 is 0. The van der Waals surface area contributed by atoms with Gasteiger partial charge in [-0.1, -0.05) is 30.3 Å². The van der Waals surface area contributed by atoms with Gasteiger partial charge in [0.25, 0.3) is 0 Å². The van der Waals surface area contributed by atoms with Gasteiger partial charge >= 0.3 is 0 Å². The van der Waals surface area contributed by atoms with E-state index in [2.05, 4.69) is 26.3 Å². The summed E-state index contributed by atoms with van der Waals surface area (Å²) in [5.41, 5.74) is 10.7. The number of aliphatic imine (C=N–C) groups is 1. The van der Waals surface area contributed by atoms with Gasteiger partial charge in [-0.25, -0.2) is 14.4 Å². The lowest BCUT2D eigenvalue weighted by molar-refractivity contribution is -0.132. The first kappa shape index (κ1) is 35.0. The number of nitrogens with one attached hydrogen (secondary N) is 3. The Morgan fingerprint density at radius 3 is 2.54 bits per heavy atom. The molecule has 1 spiro atoms. The minimum atomic E-state index is -0.561. The Hall–Kier alpha value is -5.43. The number of amides is 2. The summed E-state index contributed by atoms with van der Waals surface area (Å²) in [4.78, 5) is 43.7. The molecule has 2 aromatic carbocycles.